The van der Waals surface area contributed by atoms with Crippen molar-refractivity contribution >= 4 is 5.82 Å². The maximum atomic E-state index is 11.9. The fourth-order valence-electron chi connectivity index (χ4n) is 2.32. The number of nitriles is 2. The first kappa shape index (κ1) is 15.3. The lowest BCUT2D eigenvalue weighted by molar-refractivity contribution is 0.402. The van der Waals surface area contributed by atoms with Crippen LogP contribution in [0.3, 0.4) is 0 Å². The first-order chi connectivity index (χ1) is 10.5. The van der Waals surface area contributed by atoms with E-state index in [1.165, 1.54) is 0 Å². The van der Waals surface area contributed by atoms with Crippen LogP contribution >= 0.6 is 0 Å². The van der Waals surface area contributed by atoms with Crippen molar-refractivity contribution in [1.82, 2.24) is 9.88 Å². The number of aromatic nitrogens is 1. The smallest absolute Gasteiger partial charge is 0.268 e. The molecule has 0 aliphatic rings. The largest absolute Gasteiger partial charge is 0.384 e. The lowest BCUT2D eigenvalue weighted by Crippen LogP contribution is -2.16. The first-order valence-electron chi connectivity index (χ1n) is 6.58. The highest BCUT2D eigenvalue weighted by Gasteiger charge is 2.18. The minimum Gasteiger partial charge on any atom is -0.384 e. The Morgan fingerprint density at radius 2 is 1.91 bits per heavy atom. The number of nitrogens with two attached hydrogens (primary N) is 1. The van der Waals surface area contributed by atoms with E-state index in [1.807, 2.05) is 49.3 Å². The van der Waals surface area contributed by atoms with Gasteiger partial charge in [-0.3, -0.25) is 4.79 Å². The fourth-order valence-corrected chi connectivity index (χ4v) is 2.32. The number of aromatic amines is 1. The molecule has 1 aromatic carbocycles. The molecule has 0 amide bonds. The number of nitrogens with one attached hydrogen (secondary N) is 1. The van der Waals surface area contributed by atoms with Gasteiger partial charge in [0.15, 0.2) is 0 Å². The van der Waals surface area contributed by atoms with Crippen molar-refractivity contribution in [2.75, 3.05) is 19.8 Å². The Bertz CT molecular complexity index is 852. The maximum absolute atomic E-state index is 11.9. The third-order valence-electron chi connectivity index (χ3n) is 3.18. The molecule has 2 aromatic rings. The van der Waals surface area contributed by atoms with Crippen LogP contribution in [0.1, 0.15) is 16.7 Å². The molecule has 22 heavy (non-hydrogen) atoms. The number of anilines is 1. The van der Waals surface area contributed by atoms with Crippen molar-refractivity contribution in [3.05, 3.63) is 51.3 Å². The van der Waals surface area contributed by atoms with E-state index < -0.39 is 5.56 Å². The SMILES string of the molecule is CN(C)Cc1cccc(-c2c(C#N)c(N)[nH]c(=O)c2C#N)c1. The van der Waals surface area contributed by atoms with E-state index in [4.69, 9.17) is 5.73 Å². The van der Waals surface area contributed by atoms with Crippen LogP contribution in [0.4, 0.5) is 5.82 Å². The molecule has 0 unspecified atom stereocenters. The van der Waals surface area contributed by atoms with Crippen LogP contribution in [-0.2, 0) is 6.54 Å². The molecule has 0 spiro atoms. The van der Waals surface area contributed by atoms with E-state index in [9.17, 15) is 15.3 Å². The molecule has 6 heteroatoms. The molecule has 1 aromatic heterocycles. The Kier molecular flexibility index (Phi) is 4.26. The molecule has 110 valence electrons. The fraction of sp³-hybridized carbons (Fsp3) is 0.188. The summed E-state index contributed by atoms with van der Waals surface area (Å²) in [6.45, 7) is 0.705. The normalized spacial score (nSPS) is 10.2. The number of H-pyrrole nitrogens is 1. The predicted octanol–water partition coefficient (Wildman–Crippen LogP) is 1.43. The Balaban J connectivity index is 2.75. The highest BCUT2D eigenvalue weighted by Crippen LogP contribution is 2.28. The van der Waals surface area contributed by atoms with Gasteiger partial charge < -0.3 is 15.6 Å². The van der Waals surface area contributed by atoms with Gasteiger partial charge in [0, 0.05) is 12.1 Å². The highest BCUT2D eigenvalue weighted by atomic mass is 16.1. The topological polar surface area (TPSA) is 110 Å². The summed E-state index contributed by atoms with van der Waals surface area (Å²) in [4.78, 5) is 16.3. The molecular formula is C16H15N5O. The van der Waals surface area contributed by atoms with Gasteiger partial charge in [-0.05, 0) is 31.3 Å². The van der Waals surface area contributed by atoms with Gasteiger partial charge in [-0.1, -0.05) is 18.2 Å². The molecule has 0 saturated carbocycles. The monoisotopic (exact) mass is 293 g/mol. The second kappa shape index (κ2) is 6.13. The quantitative estimate of drug-likeness (QED) is 0.889. The van der Waals surface area contributed by atoms with Crippen LogP contribution in [0.2, 0.25) is 0 Å². The summed E-state index contributed by atoms with van der Waals surface area (Å²) < 4.78 is 0. The Morgan fingerprint density at radius 1 is 1.23 bits per heavy atom. The summed E-state index contributed by atoms with van der Waals surface area (Å²) in [5, 5.41) is 18.6. The van der Waals surface area contributed by atoms with Gasteiger partial charge in [0.1, 0.15) is 29.1 Å². The lowest BCUT2D eigenvalue weighted by Gasteiger charge is -2.13. The standard InChI is InChI=1S/C16H15N5O/c1-21(2)9-10-4-3-5-11(6-10)14-12(7-17)15(19)20-16(22)13(14)8-18/h3-6H,9H2,1-2H3,(H3,19,20,22). The predicted molar refractivity (Wildman–Crippen MR) is 83.7 cm³/mol. The van der Waals surface area contributed by atoms with Gasteiger partial charge >= 0.3 is 0 Å². The van der Waals surface area contributed by atoms with E-state index in [-0.39, 0.29) is 22.5 Å². The van der Waals surface area contributed by atoms with Gasteiger partial charge in [-0.25, -0.2) is 0 Å². The molecule has 0 bridgehead atoms. The molecule has 0 aliphatic carbocycles. The number of hydrogen-bond donors (Lipinski definition) is 2. The van der Waals surface area contributed by atoms with Gasteiger partial charge in [-0.15, -0.1) is 0 Å². The molecule has 0 atom stereocenters. The van der Waals surface area contributed by atoms with Gasteiger partial charge in [0.25, 0.3) is 5.56 Å². The van der Waals surface area contributed by atoms with Crippen LogP contribution in [0, 0.1) is 22.7 Å². The molecule has 0 radical (unpaired) electrons. The number of nitrogen functional groups attached to an aromatic ring is 1. The summed E-state index contributed by atoms with van der Waals surface area (Å²) >= 11 is 0. The molecule has 3 N–H and O–H groups in total. The second-order valence-corrected chi connectivity index (χ2v) is 5.15. The zero-order valence-corrected chi connectivity index (χ0v) is 12.3. The molecule has 0 fully saturated rings. The minimum atomic E-state index is -0.591. The minimum absolute atomic E-state index is 0.0282. The third kappa shape index (κ3) is 2.83. The average Bonchev–Trinajstić information content (AvgIpc) is 2.46. The van der Waals surface area contributed by atoms with Crippen molar-refractivity contribution in [2.24, 2.45) is 0 Å². The molecular weight excluding hydrogens is 278 g/mol. The lowest BCUT2D eigenvalue weighted by atomic mass is 9.95. The number of hydrogen-bond acceptors (Lipinski definition) is 5. The average molecular weight is 293 g/mol. The number of rotatable bonds is 3. The number of pyridine rings is 1. The van der Waals surface area contributed by atoms with Gasteiger partial charge in [0.05, 0.1) is 0 Å². The van der Waals surface area contributed by atoms with Gasteiger partial charge in [-0.2, -0.15) is 10.5 Å². The Hall–Kier alpha value is -3.09. The van der Waals surface area contributed by atoms with E-state index in [0.717, 1.165) is 5.56 Å². The van der Waals surface area contributed by atoms with E-state index in [2.05, 4.69) is 4.98 Å². The van der Waals surface area contributed by atoms with Crippen LogP contribution < -0.4 is 11.3 Å². The zero-order valence-electron chi connectivity index (χ0n) is 12.3. The molecule has 0 aliphatic heterocycles. The molecule has 1 heterocycles. The maximum Gasteiger partial charge on any atom is 0.268 e. The van der Waals surface area contributed by atoms with Crippen molar-refractivity contribution in [1.29, 1.82) is 10.5 Å². The molecule has 0 saturated heterocycles. The Morgan fingerprint density at radius 3 is 2.50 bits per heavy atom. The summed E-state index contributed by atoms with van der Waals surface area (Å²) in [5.41, 5.74) is 7.05. The summed E-state index contributed by atoms with van der Waals surface area (Å²) in [5.74, 6) is -0.0282. The summed E-state index contributed by atoms with van der Waals surface area (Å²) in [7, 11) is 3.89. The van der Waals surface area contributed by atoms with Crippen molar-refractivity contribution in [3.8, 4) is 23.3 Å². The highest BCUT2D eigenvalue weighted by molar-refractivity contribution is 5.80. The number of nitrogens with zero attached hydrogens (tertiary/aromatic N) is 3. The summed E-state index contributed by atoms with van der Waals surface area (Å²) in [6.07, 6.45) is 0. The number of benzene rings is 1. The van der Waals surface area contributed by atoms with E-state index >= 15 is 0 Å². The van der Waals surface area contributed by atoms with Crippen LogP contribution in [0.25, 0.3) is 11.1 Å². The molecule has 6 nitrogen and oxygen atoms in total. The van der Waals surface area contributed by atoms with Crippen molar-refractivity contribution < 1.29 is 0 Å². The first-order valence-corrected chi connectivity index (χ1v) is 6.58. The van der Waals surface area contributed by atoms with Gasteiger partial charge in [0.2, 0.25) is 0 Å². The van der Waals surface area contributed by atoms with Crippen molar-refractivity contribution in [2.45, 2.75) is 6.54 Å². The second-order valence-electron chi connectivity index (χ2n) is 5.15. The zero-order chi connectivity index (χ0) is 16.3. The summed E-state index contributed by atoms with van der Waals surface area (Å²) in [6, 6.07) is 11.2. The van der Waals surface area contributed by atoms with E-state index in [0.29, 0.717) is 12.1 Å². The van der Waals surface area contributed by atoms with Crippen LogP contribution in [0.15, 0.2) is 29.1 Å². The van der Waals surface area contributed by atoms with Crippen LogP contribution in [-0.4, -0.2) is 24.0 Å². The van der Waals surface area contributed by atoms with E-state index in [1.54, 1.807) is 6.07 Å². The third-order valence-corrected chi connectivity index (χ3v) is 3.18. The van der Waals surface area contributed by atoms with Crippen molar-refractivity contribution in [3.63, 3.8) is 0 Å². The van der Waals surface area contributed by atoms with Crippen LogP contribution in [0.5, 0.6) is 0 Å². The Labute approximate surface area is 128 Å². The molecule has 2 rings (SSSR count).